The largest absolute Gasteiger partial charge is 0.484 e. The van der Waals surface area contributed by atoms with Crippen LogP contribution in [0.25, 0.3) is 0 Å². The van der Waals surface area contributed by atoms with Gasteiger partial charge in [-0.1, -0.05) is 0 Å². The highest BCUT2D eigenvalue weighted by atomic mass is 79.9. The Morgan fingerprint density at radius 3 is 2.11 bits per heavy atom. The van der Waals surface area contributed by atoms with Crippen LogP contribution in [0, 0.1) is 0 Å². The second-order valence-electron chi connectivity index (χ2n) is 5.63. The Hall–Kier alpha value is -2.39. The van der Waals surface area contributed by atoms with E-state index >= 15 is 0 Å². The maximum atomic E-state index is 12.5. The first-order valence-corrected chi connectivity index (χ1v) is 9.95. The minimum absolute atomic E-state index is 0.128. The standard InChI is InChI=1S/C19H20BrNO6S/c1-4-21(10-15-5-6-16(20)28-15)17(22)11-27-14-8-12(18(23)25-2)7-13(9-14)19(24)26-3/h5-9H,4,10-11H2,1-3H3. The van der Waals surface area contributed by atoms with E-state index in [2.05, 4.69) is 25.4 Å². The fourth-order valence-corrected chi connectivity index (χ4v) is 3.89. The molecule has 0 aliphatic rings. The number of thiophene rings is 1. The highest BCUT2D eigenvalue weighted by Crippen LogP contribution is 2.23. The molecule has 0 saturated carbocycles. The van der Waals surface area contributed by atoms with Gasteiger partial charge in [-0.25, -0.2) is 9.59 Å². The Balaban J connectivity index is 2.11. The molecule has 0 fully saturated rings. The van der Waals surface area contributed by atoms with E-state index in [0.717, 1.165) is 8.66 Å². The lowest BCUT2D eigenvalue weighted by Crippen LogP contribution is -2.34. The number of ether oxygens (including phenoxy) is 3. The van der Waals surface area contributed by atoms with E-state index in [-0.39, 0.29) is 29.4 Å². The number of carbonyl (C=O) groups excluding carboxylic acids is 3. The summed E-state index contributed by atoms with van der Waals surface area (Å²) in [6, 6.07) is 8.06. The number of halogens is 1. The van der Waals surface area contributed by atoms with Crippen molar-refractivity contribution in [3.63, 3.8) is 0 Å². The van der Waals surface area contributed by atoms with Crippen molar-refractivity contribution in [1.82, 2.24) is 4.90 Å². The van der Waals surface area contributed by atoms with Gasteiger partial charge in [0, 0.05) is 11.4 Å². The molecule has 0 unspecified atom stereocenters. The van der Waals surface area contributed by atoms with Crippen LogP contribution in [0.2, 0.25) is 0 Å². The van der Waals surface area contributed by atoms with Crippen LogP contribution in [0.15, 0.2) is 34.1 Å². The number of amides is 1. The molecule has 1 aromatic heterocycles. The van der Waals surface area contributed by atoms with E-state index in [9.17, 15) is 14.4 Å². The molecular weight excluding hydrogens is 450 g/mol. The summed E-state index contributed by atoms with van der Waals surface area (Å²) >= 11 is 4.96. The number of hydrogen-bond donors (Lipinski definition) is 0. The molecule has 0 aliphatic carbocycles. The summed E-state index contributed by atoms with van der Waals surface area (Å²) in [5.74, 6) is -1.26. The maximum absolute atomic E-state index is 12.5. The quantitative estimate of drug-likeness (QED) is 0.550. The van der Waals surface area contributed by atoms with Crippen molar-refractivity contribution in [2.75, 3.05) is 27.4 Å². The lowest BCUT2D eigenvalue weighted by atomic mass is 10.1. The summed E-state index contributed by atoms with van der Waals surface area (Å²) in [5.41, 5.74) is 0.257. The molecule has 0 N–H and O–H groups in total. The van der Waals surface area contributed by atoms with Crippen LogP contribution in [0.1, 0.15) is 32.5 Å². The smallest absolute Gasteiger partial charge is 0.338 e. The number of hydrogen-bond acceptors (Lipinski definition) is 7. The Bertz CT molecular complexity index is 832. The molecule has 0 atom stereocenters. The predicted octanol–water partition coefficient (Wildman–Crippen LogP) is 3.51. The van der Waals surface area contributed by atoms with Gasteiger partial charge in [0.2, 0.25) is 0 Å². The molecule has 1 heterocycles. The van der Waals surface area contributed by atoms with Crippen LogP contribution < -0.4 is 4.74 Å². The zero-order valence-electron chi connectivity index (χ0n) is 15.7. The number of methoxy groups -OCH3 is 2. The molecule has 7 nitrogen and oxygen atoms in total. The average molecular weight is 470 g/mol. The summed E-state index contributed by atoms with van der Waals surface area (Å²) in [7, 11) is 2.47. The third kappa shape index (κ3) is 5.80. The van der Waals surface area contributed by atoms with Gasteiger partial charge in [-0.2, -0.15) is 0 Å². The molecule has 0 aliphatic heterocycles. The Kier molecular flexibility index (Phi) is 8.01. The van der Waals surface area contributed by atoms with E-state index in [1.165, 1.54) is 32.4 Å². The van der Waals surface area contributed by atoms with Crippen LogP contribution in [0.3, 0.4) is 0 Å². The molecule has 1 amide bonds. The summed E-state index contributed by atoms with van der Waals surface area (Å²) in [6.07, 6.45) is 0. The van der Waals surface area contributed by atoms with Crippen molar-refractivity contribution in [3.8, 4) is 5.75 Å². The Labute approximate surface area is 175 Å². The van der Waals surface area contributed by atoms with Crippen LogP contribution in [-0.2, 0) is 20.8 Å². The lowest BCUT2D eigenvalue weighted by Gasteiger charge is -2.20. The first-order chi connectivity index (χ1) is 13.4. The van der Waals surface area contributed by atoms with Crippen LogP contribution in [0.4, 0.5) is 0 Å². The molecule has 28 heavy (non-hydrogen) atoms. The lowest BCUT2D eigenvalue weighted by molar-refractivity contribution is -0.133. The zero-order valence-corrected chi connectivity index (χ0v) is 18.1. The van der Waals surface area contributed by atoms with Gasteiger partial charge < -0.3 is 19.1 Å². The fourth-order valence-electron chi connectivity index (χ4n) is 2.39. The van der Waals surface area contributed by atoms with Gasteiger partial charge in [0.15, 0.2) is 6.61 Å². The third-order valence-electron chi connectivity index (χ3n) is 3.82. The van der Waals surface area contributed by atoms with Gasteiger partial charge in [0.05, 0.1) is 35.7 Å². The van der Waals surface area contributed by atoms with Crippen molar-refractivity contribution < 1.29 is 28.6 Å². The Morgan fingerprint density at radius 1 is 1.04 bits per heavy atom. The zero-order chi connectivity index (χ0) is 20.7. The molecule has 1 aromatic carbocycles. The number of likely N-dealkylation sites (N-methyl/N-ethyl adjacent to an activating group) is 1. The van der Waals surface area contributed by atoms with Crippen molar-refractivity contribution in [2.24, 2.45) is 0 Å². The normalized spacial score (nSPS) is 10.3. The van der Waals surface area contributed by atoms with Gasteiger partial charge in [-0.3, -0.25) is 4.79 Å². The maximum Gasteiger partial charge on any atom is 0.338 e. The molecular formula is C19H20BrNO6S. The van der Waals surface area contributed by atoms with Gasteiger partial charge >= 0.3 is 11.9 Å². The Morgan fingerprint density at radius 2 is 1.64 bits per heavy atom. The third-order valence-corrected chi connectivity index (χ3v) is 5.43. The van der Waals surface area contributed by atoms with Crippen molar-refractivity contribution in [3.05, 3.63) is 50.1 Å². The number of nitrogens with zero attached hydrogens (tertiary/aromatic N) is 1. The number of carbonyl (C=O) groups is 3. The topological polar surface area (TPSA) is 82.1 Å². The number of esters is 2. The molecule has 150 valence electrons. The summed E-state index contributed by atoms with van der Waals surface area (Å²) in [5, 5.41) is 0. The van der Waals surface area contributed by atoms with E-state index in [1.54, 1.807) is 16.2 Å². The fraction of sp³-hybridized carbons (Fsp3) is 0.316. The molecule has 0 saturated heterocycles. The first-order valence-electron chi connectivity index (χ1n) is 8.34. The first kappa shape index (κ1) is 21.9. The van der Waals surface area contributed by atoms with Gasteiger partial charge in [0.1, 0.15) is 5.75 Å². The average Bonchev–Trinajstić information content (AvgIpc) is 3.13. The summed E-state index contributed by atoms with van der Waals surface area (Å²) in [6.45, 7) is 2.65. The molecule has 0 bridgehead atoms. The highest BCUT2D eigenvalue weighted by Gasteiger charge is 2.17. The van der Waals surface area contributed by atoms with E-state index in [0.29, 0.717) is 13.1 Å². The van der Waals surface area contributed by atoms with E-state index < -0.39 is 11.9 Å². The second kappa shape index (κ2) is 10.2. The van der Waals surface area contributed by atoms with E-state index in [4.69, 9.17) is 4.74 Å². The van der Waals surface area contributed by atoms with Gasteiger partial charge in [-0.05, 0) is 53.2 Å². The predicted molar refractivity (Wildman–Crippen MR) is 108 cm³/mol. The SMILES string of the molecule is CCN(Cc1ccc(Br)s1)C(=O)COc1cc(C(=O)OC)cc(C(=O)OC)c1. The van der Waals surface area contributed by atoms with Crippen LogP contribution >= 0.6 is 27.3 Å². The van der Waals surface area contributed by atoms with Gasteiger partial charge in [-0.15, -0.1) is 11.3 Å². The van der Waals surface area contributed by atoms with E-state index in [1.807, 2.05) is 19.1 Å². The monoisotopic (exact) mass is 469 g/mol. The second-order valence-corrected chi connectivity index (χ2v) is 8.18. The summed E-state index contributed by atoms with van der Waals surface area (Å²) < 4.78 is 15.9. The van der Waals surface area contributed by atoms with Crippen LogP contribution in [-0.4, -0.2) is 50.1 Å². The minimum atomic E-state index is -0.625. The molecule has 2 rings (SSSR count). The van der Waals surface area contributed by atoms with Crippen molar-refractivity contribution >= 4 is 45.1 Å². The number of benzene rings is 1. The minimum Gasteiger partial charge on any atom is -0.484 e. The van der Waals surface area contributed by atoms with Gasteiger partial charge in [0.25, 0.3) is 5.91 Å². The summed E-state index contributed by atoms with van der Waals surface area (Å²) in [4.78, 5) is 38.9. The molecule has 9 heteroatoms. The molecule has 2 aromatic rings. The number of rotatable bonds is 8. The highest BCUT2D eigenvalue weighted by molar-refractivity contribution is 9.11. The van der Waals surface area contributed by atoms with Crippen LogP contribution in [0.5, 0.6) is 5.75 Å². The molecule has 0 spiro atoms. The van der Waals surface area contributed by atoms with Crippen molar-refractivity contribution in [2.45, 2.75) is 13.5 Å². The van der Waals surface area contributed by atoms with Crippen molar-refractivity contribution in [1.29, 1.82) is 0 Å². The molecule has 0 radical (unpaired) electrons.